The predicted octanol–water partition coefficient (Wildman–Crippen LogP) is 3.44. The van der Waals surface area contributed by atoms with E-state index in [0.717, 1.165) is 11.3 Å². The maximum atomic E-state index is 13.4. The van der Waals surface area contributed by atoms with Gasteiger partial charge < -0.3 is 25.3 Å². The molecular weight excluding hydrogens is 452 g/mol. The molecule has 0 amide bonds. The molecule has 142 valence electrons. The number of halogens is 2. The fraction of sp³-hybridized carbons (Fsp3) is 0.278. The van der Waals surface area contributed by atoms with E-state index < -0.39 is 0 Å². The second-order valence-electron chi connectivity index (χ2n) is 5.18. The quantitative estimate of drug-likeness (QED) is 0.365. The van der Waals surface area contributed by atoms with Crippen LogP contribution < -0.4 is 25.3 Å². The van der Waals surface area contributed by atoms with Gasteiger partial charge in [0, 0.05) is 18.3 Å². The summed E-state index contributed by atoms with van der Waals surface area (Å²) in [6.45, 7) is 0.459. The Labute approximate surface area is 169 Å². The Bertz CT molecular complexity index is 756. The molecule has 2 aromatic carbocycles. The molecule has 0 aliphatic rings. The summed E-state index contributed by atoms with van der Waals surface area (Å²) in [4.78, 5) is 4.27. The molecule has 2 aromatic rings. The standard InChI is InChI=1S/C18H22FN3O3.HI/c1-23-15-7-5-13(11-17(15)25-3)22-18(20)21-9-8-12-4-6-14(19)16(10-12)24-2;/h4-7,10-11H,8-9H2,1-3H3,(H3,20,21,22);1H. The Balaban J connectivity index is 0.00000338. The van der Waals surface area contributed by atoms with Gasteiger partial charge in [-0.25, -0.2) is 4.39 Å². The molecule has 6 nitrogen and oxygen atoms in total. The number of nitrogens with zero attached hydrogens (tertiary/aromatic N) is 1. The van der Waals surface area contributed by atoms with Crippen molar-refractivity contribution in [2.24, 2.45) is 10.7 Å². The fourth-order valence-corrected chi connectivity index (χ4v) is 2.27. The second kappa shape index (κ2) is 10.7. The highest BCUT2D eigenvalue weighted by molar-refractivity contribution is 14.0. The molecule has 0 bridgehead atoms. The molecule has 0 radical (unpaired) electrons. The number of guanidine groups is 1. The van der Waals surface area contributed by atoms with Gasteiger partial charge in [-0.05, 0) is 36.2 Å². The van der Waals surface area contributed by atoms with Crippen LogP contribution in [-0.2, 0) is 6.42 Å². The van der Waals surface area contributed by atoms with Crippen molar-refractivity contribution in [2.75, 3.05) is 33.2 Å². The Morgan fingerprint density at radius 2 is 1.69 bits per heavy atom. The molecule has 0 atom stereocenters. The van der Waals surface area contributed by atoms with Crippen LogP contribution in [0.5, 0.6) is 17.2 Å². The lowest BCUT2D eigenvalue weighted by Crippen LogP contribution is -2.23. The van der Waals surface area contributed by atoms with E-state index in [1.807, 2.05) is 6.07 Å². The van der Waals surface area contributed by atoms with Gasteiger partial charge in [0.05, 0.1) is 21.3 Å². The number of ether oxygens (including phenoxy) is 3. The van der Waals surface area contributed by atoms with Gasteiger partial charge in [-0.2, -0.15) is 0 Å². The van der Waals surface area contributed by atoms with Crippen molar-refractivity contribution >= 4 is 35.6 Å². The Morgan fingerprint density at radius 1 is 1.00 bits per heavy atom. The first-order valence-electron chi connectivity index (χ1n) is 7.68. The number of methoxy groups -OCH3 is 3. The van der Waals surface area contributed by atoms with Gasteiger partial charge in [-0.1, -0.05) is 6.07 Å². The topological polar surface area (TPSA) is 78.1 Å². The van der Waals surface area contributed by atoms with E-state index in [1.54, 1.807) is 38.5 Å². The molecule has 8 heteroatoms. The molecular formula is C18H23FIN3O3. The highest BCUT2D eigenvalue weighted by atomic mass is 127. The Hall–Kier alpha value is -2.23. The molecule has 0 saturated heterocycles. The third-order valence-electron chi connectivity index (χ3n) is 3.55. The van der Waals surface area contributed by atoms with Crippen molar-refractivity contribution in [3.05, 3.63) is 47.8 Å². The van der Waals surface area contributed by atoms with Crippen molar-refractivity contribution in [1.29, 1.82) is 0 Å². The Morgan fingerprint density at radius 3 is 2.35 bits per heavy atom. The van der Waals surface area contributed by atoms with Crippen LogP contribution in [0.15, 0.2) is 41.4 Å². The lowest BCUT2D eigenvalue weighted by molar-refractivity contribution is 0.355. The van der Waals surface area contributed by atoms with Gasteiger partial charge >= 0.3 is 0 Å². The van der Waals surface area contributed by atoms with Crippen LogP contribution in [-0.4, -0.2) is 33.8 Å². The third kappa shape index (κ3) is 5.94. The maximum Gasteiger partial charge on any atom is 0.193 e. The lowest BCUT2D eigenvalue weighted by Gasteiger charge is -2.11. The van der Waals surface area contributed by atoms with Crippen molar-refractivity contribution in [3.8, 4) is 17.2 Å². The first kappa shape index (κ1) is 21.8. The van der Waals surface area contributed by atoms with Gasteiger partial charge in [-0.15, -0.1) is 24.0 Å². The molecule has 0 heterocycles. The number of hydrogen-bond donors (Lipinski definition) is 2. The summed E-state index contributed by atoms with van der Waals surface area (Å²) in [6.07, 6.45) is 0.616. The van der Waals surface area contributed by atoms with Gasteiger partial charge in [-0.3, -0.25) is 4.99 Å². The summed E-state index contributed by atoms with van der Waals surface area (Å²) in [7, 11) is 4.58. The zero-order valence-electron chi connectivity index (χ0n) is 14.9. The number of nitrogens with two attached hydrogens (primary N) is 1. The molecule has 3 N–H and O–H groups in total. The fourth-order valence-electron chi connectivity index (χ4n) is 2.27. The first-order chi connectivity index (χ1) is 12.1. The molecule has 0 aliphatic heterocycles. The highest BCUT2D eigenvalue weighted by Gasteiger charge is 2.06. The molecule has 26 heavy (non-hydrogen) atoms. The number of nitrogens with one attached hydrogen (secondary N) is 1. The van der Waals surface area contributed by atoms with Crippen molar-refractivity contribution in [3.63, 3.8) is 0 Å². The normalized spacial score (nSPS) is 10.7. The molecule has 0 aromatic heterocycles. The second-order valence-corrected chi connectivity index (χ2v) is 5.18. The Kier molecular flexibility index (Phi) is 8.97. The van der Waals surface area contributed by atoms with E-state index in [4.69, 9.17) is 19.9 Å². The zero-order valence-corrected chi connectivity index (χ0v) is 17.2. The van der Waals surface area contributed by atoms with E-state index in [-0.39, 0.29) is 41.5 Å². The highest BCUT2D eigenvalue weighted by Crippen LogP contribution is 2.29. The molecule has 0 spiro atoms. The first-order valence-corrected chi connectivity index (χ1v) is 7.68. The summed E-state index contributed by atoms with van der Waals surface area (Å²) < 4.78 is 28.8. The number of benzene rings is 2. The predicted molar refractivity (Wildman–Crippen MR) is 112 cm³/mol. The maximum absolute atomic E-state index is 13.4. The van der Waals surface area contributed by atoms with Gasteiger partial charge in [0.2, 0.25) is 0 Å². The molecule has 0 unspecified atom stereocenters. The van der Waals surface area contributed by atoms with Crippen LogP contribution in [0.1, 0.15) is 5.56 Å². The smallest absolute Gasteiger partial charge is 0.193 e. The third-order valence-corrected chi connectivity index (χ3v) is 3.55. The van der Waals surface area contributed by atoms with Crippen LogP contribution in [0.4, 0.5) is 10.1 Å². The van der Waals surface area contributed by atoms with Crippen LogP contribution in [0.3, 0.4) is 0 Å². The van der Waals surface area contributed by atoms with Crippen molar-refractivity contribution < 1.29 is 18.6 Å². The van der Waals surface area contributed by atoms with Gasteiger partial charge in [0.15, 0.2) is 29.0 Å². The van der Waals surface area contributed by atoms with Crippen LogP contribution in [0, 0.1) is 5.82 Å². The number of anilines is 1. The van der Waals surface area contributed by atoms with E-state index >= 15 is 0 Å². The largest absolute Gasteiger partial charge is 0.494 e. The van der Waals surface area contributed by atoms with Crippen LogP contribution in [0.25, 0.3) is 0 Å². The summed E-state index contributed by atoms with van der Waals surface area (Å²) in [5.41, 5.74) is 7.55. The monoisotopic (exact) mass is 475 g/mol. The number of hydrogen-bond acceptors (Lipinski definition) is 4. The average Bonchev–Trinajstić information content (AvgIpc) is 2.62. The van der Waals surface area contributed by atoms with E-state index in [0.29, 0.717) is 24.5 Å². The summed E-state index contributed by atoms with van der Waals surface area (Å²) in [5.74, 6) is 1.34. The van der Waals surface area contributed by atoms with E-state index in [9.17, 15) is 4.39 Å². The number of rotatable bonds is 7. The average molecular weight is 475 g/mol. The SMILES string of the molecule is COc1cc(CCN=C(N)Nc2ccc(OC)c(OC)c2)ccc1F.I. The van der Waals surface area contributed by atoms with E-state index in [1.165, 1.54) is 13.2 Å². The minimum absolute atomic E-state index is 0. The molecule has 2 rings (SSSR count). The van der Waals surface area contributed by atoms with Crippen molar-refractivity contribution in [1.82, 2.24) is 0 Å². The van der Waals surface area contributed by atoms with Crippen LogP contribution in [0.2, 0.25) is 0 Å². The van der Waals surface area contributed by atoms with Gasteiger partial charge in [0.25, 0.3) is 0 Å². The zero-order chi connectivity index (χ0) is 18.2. The summed E-state index contributed by atoms with van der Waals surface area (Å²) >= 11 is 0. The lowest BCUT2D eigenvalue weighted by atomic mass is 10.1. The minimum Gasteiger partial charge on any atom is -0.494 e. The molecule has 0 saturated carbocycles. The number of aliphatic imine (C=N–C) groups is 1. The van der Waals surface area contributed by atoms with Gasteiger partial charge in [0.1, 0.15) is 0 Å². The summed E-state index contributed by atoms with van der Waals surface area (Å²) in [5, 5.41) is 2.99. The molecule has 0 aliphatic carbocycles. The summed E-state index contributed by atoms with van der Waals surface area (Å²) in [6, 6.07) is 10.1. The minimum atomic E-state index is -0.385. The van der Waals surface area contributed by atoms with E-state index in [2.05, 4.69) is 10.3 Å². The molecule has 0 fully saturated rings. The van der Waals surface area contributed by atoms with Crippen molar-refractivity contribution in [2.45, 2.75) is 6.42 Å². The van der Waals surface area contributed by atoms with Crippen LogP contribution >= 0.6 is 24.0 Å².